The van der Waals surface area contributed by atoms with E-state index in [0.717, 1.165) is 0 Å². The minimum Gasteiger partial charge on any atom is -0.0893 e. The van der Waals surface area contributed by atoms with E-state index in [0.29, 0.717) is 0 Å². The normalized spacial score (nSPS) is 7.60. The number of hydrogen-bond acceptors (Lipinski definition) is 0. The monoisotopic (exact) mass is 70.1 g/mol. The molecule has 0 aliphatic carbocycles. The topological polar surface area (TPSA) is 0 Å². The molecular formula is C4H11B. The van der Waals surface area contributed by atoms with Crippen LogP contribution in [-0.4, -0.2) is 7.28 Å². The van der Waals surface area contributed by atoms with Crippen LogP contribution in [0.5, 0.6) is 0 Å². The van der Waals surface area contributed by atoms with Crippen LogP contribution in [0.25, 0.3) is 0 Å². The Bertz CT molecular complexity index is 11.1. The van der Waals surface area contributed by atoms with Crippen LogP contribution in [0.3, 0.4) is 0 Å². The zero-order valence-electron chi connectivity index (χ0n) is 4.12. The molecule has 30 valence electrons. The van der Waals surface area contributed by atoms with Crippen LogP contribution >= 0.6 is 0 Å². The lowest BCUT2D eigenvalue weighted by Crippen LogP contribution is -1.73. The lowest BCUT2D eigenvalue weighted by Gasteiger charge is -1.76. The summed E-state index contributed by atoms with van der Waals surface area (Å²) in [5.41, 5.74) is 0. The maximum absolute atomic E-state index is 2.21. The van der Waals surface area contributed by atoms with Crippen molar-refractivity contribution in [1.29, 1.82) is 0 Å². The van der Waals surface area contributed by atoms with Gasteiger partial charge in [0.1, 0.15) is 7.28 Å². The van der Waals surface area contributed by atoms with Crippen molar-refractivity contribution < 1.29 is 0 Å². The first-order chi connectivity index (χ1) is 2.41. The third-order valence-electron chi connectivity index (χ3n) is 0.707. The van der Waals surface area contributed by atoms with Crippen molar-refractivity contribution in [2.75, 3.05) is 0 Å². The molecule has 0 amide bonds. The quantitative estimate of drug-likeness (QED) is 0.429. The van der Waals surface area contributed by atoms with Crippen LogP contribution < -0.4 is 0 Å². The lowest BCUT2D eigenvalue weighted by atomic mass is 9.77. The predicted molar refractivity (Wildman–Crippen MR) is 28.1 cm³/mol. The molecule has 0 spiro atoms. The summed E-state index contributed by atoms with van der Waals surface area (Å²) in [5, 5.41) is 0. The Hall–Kier alpha value is 0.0649. The molecule has 0 unspecified atom stereocenters. The molecular weight excluding hydrogens is 58.9 g/mol. The predicted octanol–water partition coefficient (Wildman–Crippen LogP) is 1.30. The van der Waals surface area contributed by atoms with Gasteiger partial charge in [0.25, 0.3) is 0 Å². The van der Waals surface area contributed by atoms with Gasteiger partial charge in [-0.3, -0.25) is 0 Å². The zero-order chi connectivity index (χ0) is 4.12. The minimum atomic E-state index is 1.34. The van der Waals surface area contributed by atoms with Gasteiger partial charge < -0.3 is 0 Å². The van der Waals surface area contributed by atoms with E-state index >= 15 is 0 Å². The average Bonchev–Trinajstić information content (AvgIpc) is 1.41. The molecule has 0 nitrogen and oxygen atoms in total. The Labute approximate surface area is 34.8 Å². The fraction of sp³-hybridized carbons (Fsp3) is 1.00. The molecule has 0 atom stereocenters. The van der Waals surface area contributed by atoms with Crippen LogP contribution in [0.4, 0.5) is 0 Å². The summed E-state index contributed by atoms with van der Waals surface area (Å²) in [5.74, 6) is 0. The van der Waals surface area contributed by atoms with Gasteiger partial charge in [0.15, 0.2) is 0 Å². The average molecular weight is 69.9 g/mol. The maximum Gasteiger partial charge on any atom is 0.117 e. The highest BCUT2D eigenvalue weighted by molar-refractivity contribution is 6.33. The highest BCUT2D eigenvalue weighted by Crippen LogP contribution is 1.81. The summed E-state index contributed by atoms with van der Waals surface area (Å²) in [6.45, 7) is 4.42. The van der Waals surface area contributed by atoms with Crippen LogP contribution in [0.15, 0.2) is 0 Å². The molecule has 0 bridgehead atoms. The van der Waals surface area contributed by atoms with Gasteiger partial charge in [0, 0.05) is 0 Å². The van der Waals surface area contributed by atoms with E-state index in [1.807, 2.05) is 0 Å². The molecule has 0 aromatic heterocycles. The lowest BCUT2D eigenvalue weighted by molar-refractivity contribution is 1.07. The smallest absolute Gasteiger partial charge is 0.0893 e. The molecule has 0 N–H and O–H groups in total. The largest absolute Gasteiger partial charge is 0.117 e. The summed E-state index contributed by atoms with van der Waals surface area (Å²) in [6.07, 6.45) is 2.73. The molecule has 0 rings (SSSR count). The first-order valence-corrected chi connectivity index (χ1v) is 2.41. The molecule has 0 fully saturated rings. The Balaban J connectivity index is 2.19. The van der Waals surface area contributed by atoms with E-state index in [4.69, 9.17) is 0 Å². The van der Waals surface area contributed by atoms with Gasteiger partial charge >= 0.3 is 0 Å². The Morgan fingerprint density at radius 3 is 2.20 bits per heavy atom. The van der Waals surface area contributed by atoms with Crippen molar-refractivity contribution in [3.05, 3.63) is 0 Å². The summed E-state index contributed by atoms with van der Waals surface area (Å²) < 4.78 is 0. The first-order valence-electron chi connectivity index (χ1n) is 2.41. The molecule has 0 aliphatic heterocycles. The Kier molecular flexibility index (Phi) is 4.12. The summed E-state index contributed by atoms with van der Waals surface area (Å²) in [4.78, 5) is 0. The van der Waals surface area contributed by atoms with Crippen molar-refractivity contribution in [3.63, 3.8) is 0 Å². The highest BCUT2D eigenvalue weighted by Gasteiger charge is 1.71. The van der Waals surface area contributed by atoms with Gasteiger partial charge in [-0.05, 0) is 0 Å². The highest BCUT2D eigenvalue weighted by atomic mass is 13.6. The van der Waals surface area contributed by atoms with Gasteiger partial charge in [0.2, 0.25) is 0 Å². The Morgan fingerprint density at radius 1 is 1.60 bits per heavy atom. The molecule has 1 heteroatoms. The molecule has 0 radical (unpaired) electrons. The van der Waals surface area contributed by atoms with Crippen LogP contribution in [-0.2, 0) is 0 Å². The van der Waals surface area contributed by atoms with Gasteiger partial charge in [-0.15, -0.1) is 0 Å². The van der Waals surface area contributed by atoms with Crippen LogP contribution in [0, 0.1) is 0 Å². The molecule has 0 aromatic carbocycles. The van der Waals surface area contributed by atoms with E-state index in [2.05, 4.69) is 13.7 Å². The fourth-order valence-electron chi connectivity index (χ4n) is 0.354. The van der Waals surface area contributed by atoms with E-state index in [1.165, 1.54) is 20.0 Å². The van der Waals surface area contributed by atoms with E-state index in [1.54, 1.807) is 0 Å². The molecule has 0 aromatic rings. The van der Waals surface area contributed by atoms with Crippen molar-refractivity contribution in [2.45, 2.75) is 26.5 Å². The molecule has 0 aliphatic rings. The second-order valence-electron chi connectivity index (χ2n) is 1.35. The van der Waals surface area contributed by atoms with E-state index < -0.39 is 0 Å². The van der Waals surface area contributed by atoms with Gasteiger partial charge in [-0.2, -0.15) is 0 Å². The standard InChI is InChI=1S/C4H11B/c1-3-4-5-2/h5H,3-4H2,1-2H3. The SMILES string of the molecule is CBCCC. The molecule has 5 heavy (non-hydrogen) atoms. The fourth-order valence-corrected chi connectivity index (χ4v) is 0.354. The van der Waals surface area contributed by atoms with Crippen molar-refractivity contribution >= 4 is 7.28 Å². The second kappa shape index (κ2) is 4.06. The zero-order valence-corrected chi connectivity index (χ0v) is 4.12. The summed E-state index contributed by atoms with van der Waals surface area (Å²) in [7, 11) is 1.34. The van der Waals surface area contributed by atoms with Crippen LogP contribution in [0.2, 0.25) is 13.1 Å². The first kappa shape index (κ1) is 5.06. The third kappa shape index (κ3) is 4.06. The van der Waals surface area contributed by atoms with Gasteiger partial charge in [-0.1, -0.05) is 26.5 Å². The Morgan fingerprint density at radius 2 is 2.20 bits per heavy atom. The van der Waals surface area contributed by atoms with Crippen molar-refractivity contribution in [2.24, 2.45) is 0 Å². The summed E-state index contributed by atoms with van der Waals surface area (Å²) in [6, 6.07) is 0. The third-order valence-corrected chi connectivity index (χ3v) is 0.707. The van der Waals surface area contributed by atoms with Gasteiger partial charge in [0.05, 0.1) is 0 Å². The van der Waals surface area contributed by atoms with Crippen molar-refractivity contribution in [3.8, 4) is 0 Å². The minimum absolute atomic E-state index is 1.34. The molecule has 0 saturated heterocycles. The molecule has 0 saturated carbocycles. The van der Waals surface area contributed by atoms with E-state index in [9.17, 15) is 0 Å². The summed E-state index contributed by atoms with van der Waals surface area (Å²) >= 11 is 0. The van der Waals surface area contributed by atoms with E-state index in [-0.39, 0.29) is 0 Å². The molecule has 0 heterocycles. The number of rotatable bonds is 2. The second-order valence-corrected chi connectivity index (χ2v) is 1.35. The van der Waals surface area contributed by atoms with Gasteiger partial charge in [-0.25, -0.2) is 0 Å². The number of hydrogen-bond donors (Lipinski definition) is 0. The van der Waals surface area contributed by atoms with Crippen molar-refractivity contribution in [1.82, 2.24) is 0 Å². The maximum atomic E-state index is 2.21. The van der Waals surface area contributed by atoms with Crippen LogP contribution in [0.1, 0.15) is 13.3 Å².